The van der Waals surface area contributed by atoms with Crippen molar-refractivity contribution in [1.82, 2.24) is 19.5 Å². The molecule has 2 rings (SSSR count). The second-order valence-electron chi connectivity index (χ2n) is 3.91. The van der Waals surface area contributed by atoms with E-state index >= 15 is 0 Å². The molecule has 5 heteroatoms. The Labute approximate surface area is 94.2 Å². The molecule has 0 fully saturated rings. The van der Waals surface area contributed by atoms with Gasteiger partial charge in [0.05, 0.1) is 11.9 Å². The molecule has 16 heavy (non-hydrogen) atoms. The molecule has 5 nitrogen and oxygen atoms in total. The van der Waals surface area contributed by atoms with Crippen LogP contribution in [0.15, 0.2) is 6.20 Å². The first-order valence-electron chi connectivity index (χ1n) is 5.57. The summed E-state index contributed by atoms with van der Waals surface area (Å²) in [6.45, 7) is 6.05. The molecule has 0 bridgehead atoms. The summed E-state index contributed by atoms with van der Waals surface area (Å²) < 4.78 is 1.77. The fourth-order valence-corrected chi connectivity index (χ4v) is 1.93. The maximum atomic E-state index is 9.83. The lowest BCUT2D eigenvalue weighted by molar-refractivity contribution is 0.360. The van der Waals surface area contributed by atoms with Crippen LogP contribution >= 0.6 is 0 Å². The van der Waals surface area contributed by atoms with E-state index < -0.39 is 0 Å². The predicted molar refractivity (Wildman–Crippen MR) is 61.3 cm³/mol. The highest BCUT2D eigenvalue weighted by Gasteiger charge is 2.17. The van der Waals surface area contributed by atoms with Crippen LogP contribution in [-0.4, -0.2) is 24.6 Å². The van der Waals surface area contributed by atoms with Gasteiger partial charge in [0.15, 0.2) is 5.65 Å². The summed E-state index contributed by atoms with van der Waals surface area (Å²) in [6.07, 6.45) is 3.53. The molecule has 2 aromatic heterocycles. The maximum Gasteiger partial charge on any atom is 0.297 e. The molecule has 0 saturated carbocycles. The average Bonchev–Trinajstić information content (AvgIpc) is 2.58. The van der Waals surface area contributed by atoms with E-state index in [9.17, 15) is 5.11 Å². The van der Waals surface area contributed by atoms with Gasteiger partial charge in [-0.05, 0) is 19.8 Å². The smallest absolute Gasteiger partial charge is 0.297 e. The van der Waals surface area contributed by atoms with Crippen molar-refractivity contribution < 1.29 is 5.11 Å². The van der Waals surface area contributed by atoms with Gasteiger partial charge in [-0.15, -0.1) is 0 Å². The molecule has 0 unspecified atom stereocenters. The number of nitrogens with zero attached hydrogens (tertiary/aromatic N) is 4. The summed E-state index contributed by atoms with van der Waals surface area (Å²) in [6, 6.07) is 0.232. The number of aryl methyl sites for hydroxylation is 1. The summed E-state index contributed by atoms with van der Waals surface area (Å²) in [5.74, 6) is 0. The van der Waals surface area contributed by atoms with Gasteiger partial charge in [0.2, 0.25) is 5.65 Å². The highest BCUT2D eigenvalue weighted by Crippen LogP contribution is 2.26. The van der Waals surface area contributed by atoms with Crippen molar-refractivity contribution in [2.45, 2.75) is 39.7 Å². The zero-order valence-corrected chi connectivity index (χ0v) is 9.80. The minimum Gasteiger partial charge on any atom is -0.480 e. The van der Waals surface area contributed by atoms with Gasteiger partial charge in [-0.2, -0.15) is 4.98 Å². The number of hydrogen-bond donors (Lipinski definition) is 1. The van der Waals surface area contributed by atoms with Crippen LogP contribution in [0.3, 0.4) is 0 Å². The molecular weight excluding hydrogens is 204 g/mol. The fourth-order valence-electron chi connectivity index (χ4n) is 1.93. The zero-order valence-electron chi connectivity index (χ0n) is 9.80. The number of fused-ring (bicyclic) bond motifs is 1. The molecule has 0 aromatic carbocycles. The first kappa shape index (κ1) is 10.9. The second kappa shape index (κ2) is 4.08. The SMILES string of the molecule is CCC(CC)n1c(O)nc2ncc(C)nc21. The summed E-state index contributed by atoms with van der Waals surface area (Å²) in [4.78, 5) is 12.6. The molecule has 0 amide bonds. The van der Waals surface area contributed by atoms with Crippen LogP contribution in [0.1, 0.15) is 38.4 Å². The van der Waals surface area contributed by atoms with Gasteiger partial charge in [0.25, 0.3) is 6.01 Å². The minimum absolute atomic E-state index is 0.00861. The predicted octanol–water partition coefficient (Wildman–Crippen LogP) is 2.20. The third kappa shape index (κ3) is 1.62. The number of aromatic hydroxyl groups is 1. The van der Waals surface area contributed by atoms with Crippen LogP contribution in [0, 0.1) is 6.92 Å². The molecule has 0 aliphatic rings. The number of rotatable bonds is 3. The van der Waals surface area contributed by atoms with Crippen molar-refractivity contribution in [2.24, 2.45) is 0 Å². The first-order valence-corrected chi connectivity index (χ1v) is 5.57. The molecule has 0 saturated heterocycles. The van der Waals surface area contributed by atoms with Gasteiger partial charge in [-0.1, -0.05) is 13.8 Å². The summed E-state index contributed by atoms with van der Waals surface area (Å²) in [7, 11) is 0. The lowest BCUT2D eigenvalue weighted by Gasteiger charge is -2.15. The number of aromatic nitrogens is 4. The Morgan fingerprint density at radius 1 is 1.31 bits per heavy atom. The summed E-state index contributed by atoms with van der Waals surface area (Å²) >= 11 is 0. The van der Waals surface area contributed by atoms with Crippen LogP contribution in [0.2, 0.25) is 0 Å². The van der Waals surface area contributed by atoms with Crippen molar-refractivity contribution in [3.63, 3.8) is 0 Å². The largest absolute Gasteiger partial charge is 0.480 e. The normalized spacial score (nSPS) is 11.5. The van der Waals surface area contributed by atoms with Crippen LogP contribution in [-0.2, 0) is 0 Å². The molecule has 0 spiro atoms. The Morgan fingerprint density at radius 2 is 2.00 bits per heavy atom. The van der Waals surface area contributed by atoms with Crippen LogP contribution in [0.5, 0.6) is 6.01 Å². The van der Waals surface area contributed by atoms with E-state index in [4.69, 9.17) is 0 Å². The van der Waals surface area contributed by atoms with Crippen LogP contribution < -0.4 is 0 Å². The Balaban J connectivity index is 2.66. The third-order valence-electron chi connectivity index (χ3n) is 2.81. The summed E-state index contributed by atoms with van der Waals surface area (Å²) in [5, 5.41) is 9.83. The van der Waals surface area contributed by atoms with Gasteiger partial charge in [0.1, 0.15) is 0 Å². The van der Waals surface area contributed by atoms with Crippen molar-refractivity contribution in [3.05, 3.63) is 11.9 Å². The first-order chi connectivity index (χ1) is 7.67. The van der Waals surface area contributed by atoms with Crippen molar-refractivity contribution in [3.8, 4) is 6.01 Å². The molecule has 86 valence electrons. The van der Waals surface area contributed by atoms with E-state index in [0.717, 1.165) is 18.5 Å². The Bertz CT molecular complexity index is 502. The molecule has 2 heterocycles. The Hall–Kier alpha value is -1.65. The van der Waals surface area contributed by atoms with Gasteiger partial charge < -0.3 is 5.11 Å². The fraction of sp³-hybridized carbons (Fsp3) is 0.545. The maximum absolute atomic E-state index is 9.83. The van der Waals surface area contributed by atoms with E-state index in [1.165, 1.54) is 0 Å². The van der Waals surface area contributed by atoms with E-state index in [2.05, 4.69) is 28.8 Å². The molecule has 0 aliphatic heterocycles. The molecular formula is C11H16N4O. The standard InChI is InChI=1S/C11H16N4O/c1-4-8(5-2)15-10-9(14-11(15)16)12-6-7(3)13-10/h6,8H,4-5H2,1-3H3,(H,12,14,16). The lowest BCUT2D eigenvalue weighted by atomic mass is 10.2. The van der Waals surface area contributed by atoms with E-state index in [1.807, 2.05) is 6.92 Å². The highest BCUT2D eigenvalue weighted by molar-refractivity contribution is 5.67. The van der Waals surface area contributed by atoms with Crippen LogP contribution in [0.25, 0.3) is 11.3 Å². The number of hydrogen-bond acceptors (Lipinski definition) is 4. The number of imidazole rings is 1. The van der Waals surface area contributed by atoms with Crippen molar-refractivity contribution in [1.29, 1.82) is 0 Å². The minimum atomic E-state index is 0.00861. The molecule has 2 aromatic rings. The quantitative estimate of drug-likeness (QED) is 0.861. The molecule has 1 N–H and O–H groups in total. The van der Waals surface area contributed by atoms with E-state index in [1.54, 1.807) is 10.8 Å². The lowest BCUT2D eigenvalue weighted by Crippen LogP contribution is -2.07. The molecule has 0 radical (unpaired) electrons. The zero-order chi connectivity index (χ0) is 11.7. The third-order valence-corrected chi connectivity index (χ3v) is 2.81. The molecule has 0 atom stereocenters. The van der Waals surface area contributed by atoms with E-state index in [-0.39, 0.29) is 12.1 Å². The van der Waals surface area contributed by atoms with Crippen molar-refractivity contribution >= 4 is 11.3 Å². The Kier molecular flexibility index (Phi) is 2.77. The van der Waals surface area contributed by atoms with Gasteiger partial charge in [0, 0.05) is 6.04 Å². The van der Waals surface area contributed by atoms with E-state index in [0.29, 0.717) is 11.3 Å². The Morgan fingerprint density at radius 3 is 2.62 bits per heavy atom. The van der Waals surface area contributed by atoms with Gasteiger partial charge in [-0.25, -0.2) is 9.97 Å². The molecule has 0 aliphatic carbocycles. The monoisotopic (exact) mass is 220 g/mol. The highest BCUT2D eigenvalue weighted by atomic mass is 16.3. The second-order valence-corrected chi connectivity index (χ2v) is 3.91. The topological polar surface area (TPSA) is 63.8 Å². The average molecular weight is 220 g/mol. The van der Waals surface area contributed by atoms with Crippen molar-refractivity contribution in [2.75, 3.05) is 0 Å². The summed E-state index contributed by atoms with van der Waals surface area (Å²) in [5.41, 5.74) is 2.01. The van der Waals surface area contributed by atoms with Gasteiger partial charge in [-0.3, -0.25) is 4.57 Å². The van der Waals surface area contributed by atoms with Crippen LogP contribution in [0.4, 0.5) is 0 Å². The van der Waals surface area contributed by atoms with Gasteiger partial charge >= 0.3 is 0 Å².